The van der Waals surface area contributed by atoms with E-state index in [1.165, 1.54) is 68.0 Å². The van der Waals surface area contributed by atoms with Gasteiger partial charge in [0.1, 0.15) is 11.5 Å². The largest absolute Gasteiger partial charge is 0.481 e. The highest BCUT2D eigenvalue weighted by Crippen LogP contribution is 2.48. The first-order chi connectivity index (χ1) is 24.5. The van der Waals surface area contributed by atoms with E-state index in [4.69, 9.17) is 4.42 Å². The standard InChI is InChI=1S/C36H24O9S6/c37-29(38)13-17-7-9-46-33(17)23-3-5-25(48-23)35-19(15-31(41)42)11-27(50-35)21-1-2-22(45-21)28-12-20(16-32(43)44)36(51-28)26-6-4-24(49-26)34-18(8-10-47-34)14-30(39)40/h1-12H,13-16H2,(H,37,38)(H,39,40)(H,41,42)(H,43,44). The third-order valence-corrected chi connectivity index (χ3v) is 14.9. The summed E-state index contributed by atoms with van der Waals surface area (Å²) in [6.45, 7) is 0. The topological polar surface area (TPSA) is 162 Å². The molecule has 0 fully saturated rings. The first-order valence-corrected chi connectivity index (χ1v) is 20.1. The van der Waals surface area contributed by atoms with Crippen molar-refractivity contribution < 1.29 is 44.0 Å². The predicted octanol–water partition coefficient (Wildman–Crippen LogP) is 10.2. The quantitative estimate of drug-likeness (QED) is 0.0840. The monoisotopic (exact) mass is 792 g/mol. The fraction of sp³-hybridized carbons (Fsp3) is 0.111. The third kappa shape index (κ3) is 7.54. The van der Waals surface area contributed by atoms with Crippen molar-refractivity contribution in [1.82, 2.24) is 0 Å². The van der Waals surface area contributed by atoms with Crippen LogP contribution >= 0.6 is 68.0 Å². The van der Waals surface area contributed by atoms with Crippen LogP contribution in [0, 0.1) is 0 Å². The summed E-state index contributed by atoms with van der Waals surface area (Å²) in [5, 5.41) is 41.8. The summed E-state index contributed by atoms with van der Waals surface area (Å²) in [4.78, 5) is 54.8. The molecule has 0 radical (unpaired) electrons. The summed E-state index contributed by atoms with van der Waals surface area (Å²) in [5.41, 5.74) is 2.74. The molecular formula is C36H24O9S6. The maximum absolute atomic E-state index is 11.8. The Labute approximate surface area is 313 Å². The molecule has 7 aromatic heterocycles. The molecule has 0 aromatic carbocycles. The summed E-state index contributed by atoms with van der Waals surface area (Å²) in [6, 6.07) is 18.6. The number of rotatable bonds is 14. The normalized spacial score (nSPS) is 11.3. The molecule has 0 saturated heterocycles. The Morgan fingerprint density at radius 3 is 1.16 bits per heavy atom. The first kappa shape index (κ1) is 34.8. The van der Waals surface area contributed by atoms with Crippen LogP contribution in [0.5, 0.6) is 0 Å². The Morgan fingerprint density at radius 1 is 0.431 bits per heavy atom. The second kappa shape index (κ2) is 14.5. The molecule has 258 valence electrons. The van der Waals surface area contributed by atoms with E-state index in [2.05, 4.69) is 0 Å². The van der Waals surface area contributed by atoms with Crippen LogP contribution in [0.1, 0.15) is 22.3 Å². The van der Waals surface area contributed by atoms with Crippen LogP contribution in [-0.2, 0) is 44.9 Å². The van der Waals surface area contributed by atoms with Crippen LogP contribution in [0.25, 0.3) is 60.3 Å². The van der Waals surface area contributed by atoms with Gasteiger partial charge in [0.05, 0.1) is 35.4 Å². The van der Waals surface area contributed by atoms with E-state index in [1.54, 1.807) is 0 Å². The highest BCUT2D eigenvalue weighted by atomic mass is 32.1. The molecule has 0 aliphatic heterocycles. The van der Waals surface area contributed by atoms with Gasteiger partial charge in [-0.05, 0) is 93.7 Å². The Bertz CT molecular complexity index is 2260. The number of thiophene rings is 6. The van der Waals surface area contributed by atoms with Crippen LogP contribution in [0.15, 0.2) is 75.8 Å². The molecule has 0 saturated carbocycles. The SMILES string of the molecule is O=C(O)Cc1ccsc1-c1ccc(-c2sc(-c3ccc(-c4cc(CC(=O)O)c(-c5ccc(-c6sccc6CC(=O)O)s5)s4)o3)cc2CC(=O)O)s1. The minimum absolute atomic E-state index is 0.0806. The molecular weight excluding hydrogens is 769 g/mol. The maximum Gasteiger partial charge on any atom is 0.307 e. The van der Waals surface area contributed by atoms with Gasteiger partial charge in [-0.25, -0.2) is 0 Å². The second-order valence-corrected chi connectivity index (χ2v) is 17.4. The van der Waals surface area contributed by atoms with Gasteiger partial charge in [0.2, 0.25) is 0 Å². The van der Waals surface area contributed by atoms with Crippen molar-refractivity contribution in [3.63, 3.8) is 0 Å². The molecule has 0 atom stereocenters. The van der Waals surface area contributed by atoms with Crippen LogP contribution < -0.4 is 0 Å². The van der Waals surface area contributed by atoms with Gasteiger partial charge in [0.25, 0.3) is 0 Å². The Balaban J connectivity index is 1.20. The van der Waals surface area contributed by atoms with Gasteiger partial charge in [-0.15, -0.1) is 68.0 Å². The van der Waals surface area contributed by atoms with E-state index < -0.39 is 23.9 Å². The zero-order valence-electron chi connectivity index (χ0n) is 26.0. The lowest BCUT2D eigenvalue weighted by Crippen LogP contribution is -1.99. The van der Waals surface area contributed by atoms with Crippen LogP contribution in [0.3, 0.4) is 0 Å². The fourth-order valence-corrected chi connectivity index (χ4v) is 12.3. The van der Waals surface area contributed by atoms with Crippen LogP contribution in [0.2, 0.25) is 0 Å². The summed E-state index contributed by atoms with van der Waals surface area (Å²) < 4.78 is 6.33. The average molecular weight is 793 g/mol. The van der Waals surface area contributed by atoms with Crippen molar-refractivity contribution >= 4 is 91.9 Å². The van der Waals surface area contributed by atoms with Crippen molar-refractivity contribution in [1.29, 1.82) is 0 Å². The molecule has 0 spiro atoms. The van der Waals surface area contributed by atoms with Gasteiger partial charge >= 0.3 is 23.9 Å². The molecule has 51 heavy (non-hydrogen) atoms. The zero-order chi connectivity index (χ0) is 35.8. The van der Waals surface area contributed by atoms with Gasteiger partial charge in [-0.3, -0.25) is 19.2 Å². The van der Waals surface area contributed by atoms with Crippen LogP contribution in [-0.4, -0.2) is 44.3 Å². The summed E-state index contributed by atoms with van der Waals surface area (Å²) >= 11 is 8.73. The number of aliphatic carboxylic acids is 4. The molecule has 7 rings (SSSR count). The number of carbonyl (C=O) groups is 4. The highest BCUT2D eigenvalue weighted by Gasteiger charge is 2.23. The van der Waals surface area contributed by atoms with Crippen LogP contribution in [0.4, 0.5) is 0 Å². The molecule has 15 heteroatoms. The van der Waals surface area contributed by atoms with E-state index >= 15 is 0 Å². The highest BCUT2D eigenvalue weighted by molar-refractivity contribution is 7.28. The number of furan rings is 1. The van der Waals surface area contributed by atoms with E-state index in [-0.39, 0.29) is 25.7 Å². The summed E-state index contributed by atoms with van der Waals surface area (Å²) in [6.07, 6.45) is -0.533. The maximum atomic E-state index is 11.8. The second-order valence-electron chi connectivity index (χ2n) is 11.3. The van der Waals surface area contributed by atoms with Gasteiger partial charge in [0.15, 0.2) is 0 Å². The molecule has 4 N–H and O–H groups in total. The van der Waals surface area contributed by atoms with E-state index in [0.29, 0.717) is 22.6 Å². The van der Waals surface area contributed by atoms with E-state index in [1.807, 2.05) is 71.4 Å². The van der Waals surface area contributed by atoms with Crippen molar-refractivity contribution in [3.05, 3.63) is 93.7 Å². The molecule has 7 aromatic rings. The molecule has 7 heterocycles. The lowest BCUT2D eigenvalue weighted by molar-refractivity contribution is -0.137. The molecule has 0 unspecified atom stereocenters. The minimum Gasteiger partial charge on any atom is -0.481 e. The van der Waals surface area contributed by atoms with Gasteiger partial charge < -0.3 is 24.8 Å². The fourth-order valence-electron chi connectivity index (χ4n) is 5.58. The van der Waals surface area contributed by atoms with Crippen molar-refractivity contribution in [3.8, 4) is 60.3 Å². The van der Waals surface area contributed by atoms with Gasteiger partial charge in [0, 0.05) is 39.0 Å². The Hall–Kier alpha value is -4.64. The average Bonchev–Trinajstić information content (AvgIpc) is 3.89. The van der Waals surface area contributed by atoms with E-state index in [9.17, 15) is 39.6 Å². The molecule has 0 aliphatic carbocycles. The summed E-state index contributed by atoms with van der Waals surface area (Å²) in [5.74, 6) is -2.66. The smallest absolute Gasteiger partial charge is 0.307 e. The van der Waals surface area contributed by atoms with Crippen molar-refractivity contribution in [2.45, 2.75) is 25.7 Å². The molecule has 9 nitrogen and oxygen atoms in total. The molecule has 0 amide bonds. The molecule has 0 aliphatic rings. The van der Waals surface area contributed by atoms with Gasteiger partial charge in [-0.2, -0.15) is 0 Å². The number of hydrogen-bond acceptors (Lipinski definition) is 11. The Morgan fingerprint density at radius 2 is 0.784 bits per heavy atom. The molecule has 0 bridgehead atoms. The lowest BCUT2D eigenvalue weighted by Gasteiger charge is -1.99. The Kier molecular flexibility index (Phi) is 9.92. The number of hydrogen-bond donors (Lipinski definition) is 4. The minimum atomic E-state index is -0.967. The van der Waals surface area contributed by atoms with Crippen molar-refractivity contribution in [2.75, 3.05) is 0 Å². The van der Waals surface area contributed by atoms with Gasteiger partial charge in [-0.1, -0.05) is 0 Å². The lowest BCUT2D eigenvalue weighted by atomic mass is 10.1. The van der Waals surface area contributed by atoms with Crippen molar-refractivity contribution in [2.24, 2.45) is 0 Å². The first-order valence-electron chi connectivity index (χ1n) is 15.1. The number of carboxylic acids is 4. The predicted molar refractivity (Wildman–Crippen MR) is 204 cm³/mol. The number of carboxylic acid groups (broad SMARTS) is 4. The van der Waals surface area contributed by atoms with E-state index in [0.717, 1.165) is 59.9 Å². The third-order valence-electron chi connectivity index (χ3n) is 7.68. The summed E-state index contributed by atoms with van der Waals surface area (Å²) in [7, 11) is 0. The zero-order valence-corrected chi connectivity index (χ0v) is 30.9.